The zero-order valence-corrected chi connectivity index (χ0v) is 11.5. The lowest BCUT2D eigenvalue weighted by Gasteiger charge is -2.23. The number of aromatic nitrogens is 1. The predicted molar refractivity (Wildman–Crippen MR) is 66.7 cm³/mol. The Balaban J connectivity index is 2.90. The number of aliphatic hydroxyl groups is 1. The lowest BCUT2D eigenvalue weighted by atomic mass is 10.1. The first-order valence-electron chi connectivity index (χ1n) is 5.98. The minimum atomic E-state index is -4.50. The lowest BCUT2D eigenvalue weighted by molar-refractivity contribution is -0.141. The maximum atomic E-state index is 12.7. The summed E-state index contributed by atoms with van der Waals surface area (Å²) < 4.78 is 38.1. The fourth-order valence-corrected chi connectivity index (χ4v) is 1.52. The van der Waals surface area contributed by atoms with E-state index in [1.54, 1.807) is 0 Å². The summed E-state index contributed by atoms with van der Waals surface area (Å²) in [6, 6.07) is 2.74. The van der Waals surface area contributed by atoms with Crippen LogP contribution in [-0.2, 0) is 6.18 Å². The van der Waals surface area contributed by atoms with Gasteiger partial charge in [0, 0.05) is 12.1 Å². The summed E-state index contributed by atoms with van der Waals surface area (Å²) in [5.41, 5.74) is -1.10. The third kappa shape index (κ3) is 4.80. The average molecular weight is 276 g/mol. The number of alkyl halides is 3. The lowest BCUT2D eigenvalue weighted by Crippen LogP contribution is -2.38. The molecule has 3 nitrogen and oxygen atoms in total. The Labute approximate surface area is 110 Å². The molecule has 0 saturated carbocycles. The molecule has 108 valence electrons. The van der Waals surface area contributed by atoms with Gasteiger partial charge in [0.25, 0.3) is 0 Å². The van der Waals surface area contributed by atoms with Crippen molar-refractivity contribution >= 4 is 0 Å². The third-order valence-electron chi connectivity index (χ3n) is 2.55. The normalized spacial score (nSPS) is 14.5. The van der Waals surface area contributed by atoms with Gasteiger partial charge in [0.2, 0.25) is 0 Å². The van der Waals surface area contributed by atoms with Crippen LogP contribution in [0.25, 0.3) is 0 Å². The van der Waals surface area contributed by atoms with Gasteiger partial charge in [-0.3, -0.25) is 0 Å². The van der Waals surface area contributed by atoms with Gasteiger partial charge in [-0.1, -0.05) is 6.07 Å². The quantitative estimate of drug-likeness (QED) is 0.892. The van der Waals surface area contributed by atoms with Gasteiger partial charge in [-0.05, 0) is 39.3 Å². The molecule has 0 aliphatic rings. The van der Waals surface area contributed by atoms with Crippen LogP contribution in [0.1, 0.15) is 43.8 Å². The van der Waals surface area contributed by atoms with Crippen LogP contribution in [-0.4, -0.2) is 22.2 Å². The Kier molecular flexibility index (Phi) is 4.58. The van der Waals surface area contributed by atoms with E-state index in [1.165, 1.54) is 19.1 Å². The number of hydrogen-bond donors (Lipinski definition) is 2. The average Bonchev–Trinajstić information content (AvgIpc) is 2.24. The molecule has 0 aromatic carbocycles. The fourth-order valence-electron chi connectivity index (χ4n) is 1.52. The highest BCUT2D eigenvalue weighted by molar-refractivity contribution is 5.25. The van der Waals surface area contributed by atoms with Gasteiger partial charge in [-0.25, -0.2) is 4.98 Å². The first kappa shape index (κ1) is 15.9. The van der Waals surface area contributed by atoms with Gasteiger partial charge >= 0.3 is 6.18 Å². The molecule has 0 fully saturated rings. The predicted octanol–water partition coefficient (Wildman–Crippen LogP) is 2.83. The Morgan fingerprint density at radius 3 is 2.32 bits per heavy atom. The van der Waals surface area contributed by atoms with Gasteiger partial charge in [0.05, 0.1) is 5.69 Å². The molecule has 1 aromatic rings. The summed E-state index contributed by atoms with van der Waals surface area (Å²) in [5.74, 6) is 0. The van der Waals surface area contributed by atoms with Crippen molar-refractivity contribution in [2.45, 2.75) is 45.5 Å². The zero-order chi connectivity index (χ0) is 14.8. The van der Waals surface area contributed by atoms with Crippen molar-refractivity contribution < 1.29 is 18.3 Å². The topological polar surface area (TPSA) is 45.1 Å². The Morgan fingerprint density at radius 1 is 1.26 bits per heavy atom. The van der Waals surface area contributed by atoms with E-state index >= 15 is 0 Å². The molecule has 6 heteroatoms. The van der Waals surface area contributed by atoms with Crippen molar-refractivity contribution in [1.82, 2.24) is 10.3 Å². The van der Waals surface area contributed by atoms with Gasteiger partial charge in [-0.15, -0.1) is 0 Å². The molecule has 0 aliphatic heterocycles. The van der Waals surface area contributed by atoms with Crippen molar-refractivity contribution in [2.75, 3.05) is 6.54 Å². The maximum Gasteiger partial charge on any atom is 0.433 e. The van der Waals surface area contributed by atoms with E-state index in [9.17, 15) is 18.3 Å². The Bertz CT molecular complexity index is 438. The minimum Gasteiger partial charge on any atom is -0.385 e. The van der Waals surface area contributed by atoms with Crippen LogP contribution in [0.15, 0.2) is 12.1 Å². The van der Waals surface area contributed by atoms with Gasteiger partial charge in [-0.2, -0.15) is 13.2 Å². The molecule has 0 amide bonds. The largest absolute Gasteiger partial charge is 0.433 e. The number of aliphatic hydroxyl groups excluding tert-OH is 1. The van der Waals surface area contributed by atoms with Crippen molar-refractivity contribution in [3.05, 3.63) is 29.1 Å². The van der Waals surface area contributed by atoms with Gasteiger partial charge in [0.15, 0.2) is 0 Å². The Hall–Kier alpha value is -1.14. The van der Waals surface area contributed by atoms with E-state index in [2.05, 4.69) is 10.3 Å². The van der Waals surface area contributed by atoms with E-state index in [1.807, 2.05) is 20.8 Å². The molecular formula is C13H19F3N2O. The van der Waals surface area contributed by atoms with Crippen LogP contribution >= 0.6 is 0 Å². The van der Waals surface area contributed by atoms with E-state index in [0.717, 1.165) is 0 Å². The number of halogens is 3. The second-order valence-corrected chi connectivity index (χ2v) is 5.55. The number of hydrogen-bond acceptors (Lipinski definition) is 3. The summed E-state index contributed by atoms with van der Waals surface area (Å²) in [5, 5.41) is 12.9. The summed E-state index contributed by atoms with van der Waals surface area (Å²) in [7, 11) is 0. The summed E-state index contributed by atoms with van der Waals surface area (Å²) in [6.45, 7) is 7.21. The number of pyridine rings is 1. The molecular weight excluding hydrogens is 257 g/mol. The van der Waals surface area contributed by atoms with E-state index < -0.39 is 18.0 Å². The first-order chi connectivity index (χ1) is 8.50. The number of nitrogens with one attached hydrogen (secondary N) is 1. The van der Waals surface area contributed by atoms with E-state index in [4.69, 9.17) is 0 Å². The molecule has 19 heavy (non-hydrogen) atoms. The van der Waals surface area contributed by atoms with Crippen LogP contribution in [0.2, 0.25) is 0 Å². The zero-order valence-electron chi connectivity index (χ0n) is 11.5. The van der Waals surface area contributed by atoms with Crippen molar-refractivity contribution in [3.8, 4) is 0 Å². The molecule has 0 spiro atoms. The second kappa shape index (κ2) is 5.46. The number of nitrogens with zero attached hydrogens (tertiary/aromatic N) is 1. The van der Waals surface area contributed by atoms with Crippen molar-refractivity contribution in [1.29, 1.82) is 0 Å². The molecule has 0 bridgehead atoms. The third-order valence-corrected chi connectivity index (χ3v) is 2.55. The summed E-state index contributed by atoms with van der Waals surface area (Å²) >= 11 is 0. The van der Waals surface area contributed by atoms with Crippen LogP contribution < -0.4 is 5.32 Å². The highest BCUT2D eigenvalue weighted by Crippen LogP contribution is 2.30. The minimum absolute atomic E-state index is 0.0228. The molecule has 1 atom stereocenters. The molecule has 0 radical (unpaired) electrons. The molecule has 0 aliphatic carbocycles. The SMILES string of the molecule is Cc1ccc([C@H](O)CNC(C)(C)C)nc1C(F)(F)F. The van der Waals surface area contributed by atoms with Gasteiger partial charge < -0.3 is 10.4 Å². The summed E-state index contributed by atoms with van der Waals surface area (Å²) in [6.07, 6.45) is -5.57. The Morgan fingerprint density at radius 2 is 1.84 bits per heavy atom. The van der Waals surface area contributed by atoms with Crippen LogP contribution in [0, 0.1) is 6.92 Å². The molecule has 1 aromatic heterocycles. The van der Waals surface area contributed by atoms with E-state index in [0.29, 0.717) is 0 Å². The molecule has 1 heterocycles. The monoisotopic (exact) mass is 276 g/mol. The van der Waals surface area contributed by atoms with Crippen LogP contribution in [0.3, 0.4) is 0 Å². The van der Waals surface area contributed by atoms with Crippen LogP contribution in [0.4, 0.5) is 13.2 Å². The molecule has 1 rings (SSSR count). The van der Waals surface area contributed by atoms with Crippen molar-refractivity contribution in [3.63, 3.8) is 0 Å². The van der Waals surface area contributed by atoms with Crippen molar-refractivity contribution in [2.24, 2.45) is 0 Å². The van der Waals surface area contributed by atoms with Crippen LogP contribution in [0.5, 0.6) is 0 Å². The molecule has 0 saturated heterocycles. The second-order valence-electron chi connectivity index (χ2n) is 5.55. The standard InChI is InChI=1S/C13H19F3N2O/c1-8-5-6-9(18-11(8)13(14,15)16)10(19)7-17-12(2,3)4/h5-6,10,17,19H,7H2,1-4H3/t10-/m1/s1. The first-order valence-corrected chi connectivity index (χ1v) is 5.98. The van der Waals surface area contributed by atoms with Gasteiger partial charge in [0.1, 0.15) is 11.8 Å². The maximum absolute atomic E-state index is 12.7. The highest BCUT2D eigenvalue weighted by Gasteiger charge is 2.35. The number of aryl methyl sites for hydroxylation is 1. The fraction of sp³-hybridized carbons (Fsp3) is 0.615. The summed E-state index contributed by atoms with van der Waals surface area (Å²) in [4.78, 5) is 3.53. The molecule has 0 unspecified atom stereocenters. The highest BCUT2D eigenvalue weighted by atomic mass is 19.4. The number of β-amino-alcohol motifs (C(OH)–C–C–N with tert-alkyl or cyclic N) is 1. The molecule has 2 N–H and O–H groups in total. The van der Waals surface area contributed by atoms with E-state index in [-0.39, 0.29) is 23.3 Å². The smallest absolute Gasteiger partial charge is 0.385 e. The number of rotatable bonds is 3.